The fourth-order valence-electron chi connectivity index (χ4n) is 1.90. The highest BCUT2D eigenvalue weighted by Crippen LogP contribution is 2.38. The molecule has 17 heavy (non-hydrogen) atoms. The SMILES string of the molecule is Cc1csc(CN2CCC(O)(C(F)(F)F)C2)n1. The van der Waals surface area contributed by atoms with Crippen molar-refractivity contribution in [2.75, 3.05) is 13.1 Å². The van der Waals surface area contributed by atoms with Crippen molar-refractivity contribution >= 4 is 11.3 Å². The maximum absolute atomic E-state index is 12.6. The molecule has 1 fully saturated rings. The van der Waals surface area contributed by atoms with Crippen LogP contribution < -0.4 is 0 Å². The van der Waals surface area contributed by atoms with E-state index in [0.29, 0.717) is 6.54 Å². The molecule has 1 aliphatic rings. The number of thiazole rings is 1. The first-order valence-electron chi connectivity index (χ1n) is 5.23. The molecule has 2 rings (SSSR count). The molecule has 0 aliphatic carbocycles. The molecule has 1 aliphatic heterocycles. The molecule has 0 saturated carbocycles. The van der Waals surface area contributed by atoms with Gasteiger partial charge in [-0.05, 0) is 13.3 Å². The highest BCUT2D eigenvalue weighted by molar-refractivity contribution is 7.09. The van der Waals surface area contributed by atoms with Crippen molar-refractivity contribution in [1.29, 1.82) is 0 Å². The number of aromatic nitrogens is 1. The van der Waals surface area contributed by atoms with E-state index < -0.39 is 11.8 Å². The summed E-state index contributed by atoms with van der Waals surface area (Å²) in [5.41, 5.74) is -1.69. The zero-order valence-corrected chi connectivity index (χ0v) is 10.1. The summed E-state index contributed by atoms with van der Waals surface area (Å²) >= 11 is 1.43. The number of β-amino-alcohol motifs (C(OH)–C–C–N with tert-alkyl or cyclic N) is 1. The van der Waals surface area contributed by atoms with Gasteiger partial charge in [0.15, 0.2) is 5.60 Å². The molecule has 0 aromatic carbocycles. The van der Waals surface area contributed by atoms with Crippen LogP contribution in [0.4, 0.5) is 13.2 Å². The van der Waals surface area contributed by atoms with Crippen molar-refractivity contribution < 1.29 is 18.3 Å². The lowest BCUT2D eigenvalue weighted by Gasteiger charge is -2.25. The van der Waals surface area contributed by atoms with Crippen LogP contribution in [-0.4, -0.2) is 39.9 Å². The molecular formula is C10H13F3N2OS. The van der Waals surface area contributed by atoms with Crippen molar-refractivity contribution in [3.8, 4) is 0 Å². The first kappa shape index (κ1) is 12.8. The molecular weight excluding hydrogens is 253 g/mol. The number of aliphatic hydroxyl groups is 1. The minimum absolute atomic E-state index is 0.245. The minimum Gasteiger partial charge on any atom is -0.379 e. The fraction of sp³-hybridized carbons (Fsp3) is 0.700. The number of likely N-dealkylation sites (tertiary alicyclic amines) is 1. The lowest BCUT2D eigenvalue weighted by Crippen LogP contribution is -2.47. The summed E-state index contributed by atoms with van der Waals surface area (Å²) in [5.74, 6) is 0. The van der Waals surface area contributed by atoms with E-state index in [1.807, 2.05) is 12.3 Å². The summed E-state index contributed by atoms with van der Waals surface area (Å²) in [5, 5.41) is 12.1. The van der Waals surface area contributed by atoms with Gasteiger partial charge < -0.3 is 5.11 Å². The Bertz CT molecular complexity index is 407. The molecule has 1 unspecified atom stereocenters. The second kappa shape index (κ2) is 4.22. The maximum Gasteiger partial charge on any atom is 0.418 e. The molecule has 1 saturated heterocycles. The number of aryl methyl sites for hydroxylation is 1. The zero-order chi connectivity index (χ0) is 12.7. The summed E-state index contributed by atoms with van der Waals surface area (Å²) in [6.45, 7) is 2.09. The predicted molar refractivity (Wildman–Crippen MR) is 57.7 cm³/mol. The van der Waals surface area contributed by atoms with Gasteiger partial charge in [0.05, 0.1) is 6.54 Å². The Labute approximate surface area is 101 Å². The summed E-state index contributed by atoms with van der Waals surface area (Å²) < 4.78 is 37.7. The molecule has 3 nitrogen and oxygen atoms in total. The van der Waals surface area contributed by atoms with E-state index in [2.05, 4.69) is 4.98 Å². The smallest absolute Gasteiger partial charge is 0.379 e. The third kappa shape index (κ3) is 2.61. The number of nitrogens with zero attached hydrogens (tertiary/aromatic N) is 2. The normalized spacial score (nSPS) is 26.6. The lowest BCUT2D eigenvalue weighted by molar-refractivity contribution is -0.254. The third-order valence-corrected chi connectivity index (χ3v) is 3.83. The standard InChI is InChI=1S/C10H13F3N2OS/c1-7-5-17-8(14-7)4-15-3-2-9(16,6-15)10(11,12)13/h5,16H,2-4,6H2,1H3. The van der Waals surface area contributed by atoms with Crippen molar-refractivity contribution in [3.63, 3.8) is 0 Å². The number of hydrogen-bond acceptors (Lipinski definition) is 4. The largest absolute Gasteiger partial charge is 0.418 e. The third-order valence-electron chi connectivity index (χ3n) is 2.88. The van der Waals surface area contributed by atoms with Gasteiger partial charge in [-0.3, -0.25) is 4.90 Å². The Morgan fingerprint density at radius 3 is 2.76 bits per heavy atom. The van der Waals surface area contributed by atoms with Gasteiger partial charge in [0.25, 0.3) is 0 Å². The maximum atomic E-state index is 12.6. The van der Waals surface area contributed by atoms with Gasteiger partial charge in [0.2, 0.25) is 0 Å². The molecule has 7 heteroatoms. The predicted octanol–water partition coefficient (Wildman–Crippen LogP) is 1.95. The lowest BCUT2D eigenvalue weighted by atomic mass is 10.0. The molecule has 0 bridgehead atoms. The fourth-order valence-corrected chi connectivity index (χ4v) is 2.72. The summed E-state index contributed by atoms with van der Waals surface area (Å²) in [7, 11) is 0. The number of rotatable bonds is 2. The van der Waals surface area contributed by atoms with E-state index in [1.54, 1.807) is 4.90 Å². The Kier molecular flexibility index (Phi) is 3.17. The molecule has 0 spiro atoms. The van der Waals surface area contributed by atoms with Crippen LogP contribution in [-0.2, 0) is 6.54 Å². The molecule has 0 radical (unpaired) electrons. The first-order chi connectivity index (χ1) is 7.80. The molecule has 96 valence electrons. The Morgan fingerprint density at radius 1 is 1.59 bits per heavy atom. The van der Waals surface area contributed by atoms with Crippen LogP contribution in [0.3, 0.4) is 0 Å². The van der Waals surface area contributed by atoms with Gasteiger partial charge in [-0.25, -0.2) is 4.98 Å². The van der Waals surface area contributed by atoms with Crippen LogP contribution in [0.15, 0.2) is 5.38 Å². The molecule has 2 heterocycles. The van der Waals surface area contributed by atoms with Gasteiger partial charge in [-0.15, -0.1) is 11.3 Å². The minimum atomic E-state index is -4.56. The quantitative estimate of drug-likeness (QED) is 0.889. The molecule has 1 aromatic rings. The Morgan fingerprint density at radius 2 is 2.29 bits per heavy atom. The summed E-state index contributed by atoms with van der Waals surface area (Å²) in [4.78, 5) is 5.79. The second-order valence-electron chi connectivity index (χ2n) is 4.37. The van der Waals surface area contributed by atoms with Crippen molar-refractivity contribution in [1.82, 2.24) is 9.88 Å². The second-order valence-corrected chi connectivity index (χ2v) is 5.32. The van der Waals surface area contributed by atoms with E-state index in [9.17, 15) is 18.3 Å². The van der Waals surface area contributed by atoms with E-state index in [-0.39, 0.29) is 19.5 Å². The molecule has 1 aromatic heterocycles. The van der Waals surface area contributed by atoms with Crippen LogP contribution in [0, 0.1) is 6.92 Å². The van der Waals surface area contributed by atoms with Crippen molar-refractivity contribution in [2.45, 2.75) is 31.7 Å². The summed E-state index contributed by atoms with van der Waals surface area (Å²) in [6, 6.07) is 0. The average molecular weight is 266 g/mol. The van der Waals surface area contributed by atoms with Crippen molar-refractivity contribution in [3.05, 3.63) is 16.1 Å². The molecule has 1 atom stereocenters. The summed E-state index contributed by atoms with van der Waals surface area (Å²) in [6.07, 6.45) is -4.82. The number of hydrogen-bond donors (Lipinski definition) is 1. The van der Waals surface area contributed by atoms with E-state index in [4.69, 9.17) is 0 Å². The van der Waals surface area contributed by atoms with Gasteiger partial charge in [-0.1, -0.05) is 0 Å². The average Bonchev–Trinajstić information content (AvgIpc) is 2.74. The van der Waals surface area contributed by atoms with Crippen LogP contribution >= 0.6 is 11.3 Å². The van der Waals surface area contributed by atoms with Gasteiger partial charge in [0, 0.05) is 24.2 Å². The first-order valence-corrected chi connectivity index (χ1v) is 6.11. The number of halogens is 3. The van der Waals surface area contributed by atoms with Crippen LogP contribution in [0.1, 0.15) is 17.1 Å². The highest BCUT2D eigenvalue weighted by atomic mass is 32.1. The Hall–Kier alpha value is -0.660. The zero-order valence-electron chi connectivity index (χ0n) is 9.29. The van der Waals surface area contributed by atoms with Crippen LogP contribution in [0.2, 0.25) is 0 Å². The van der Waals surface area contributed by atoms with Crippen LogP contribution in [0.25, 0.3) is 0 Å². The highest BCUT2D eigenvalue weighted by Gasteiger charge is 2.56. The topological polar surface area (TPSA) is 36.4 Å². The van der Waals surface area contributed by atoms with Gasteiger partial charge in [-0.2, -0.15) is 13.2 Å². The monoisotopic (exact) mass is 266 g/mol. The van der Waals surface area contributed by atoms with E-state index in [0.717, 1.165) is 10.7 Å². The van der Waals surface area contributed by atoms with Crippen molar-refractivity contribution in [2.24, 2.45) is 0 Å². The molecule has 0 amide bonds. The molecule has 1 N–H and O–H groups in total. The van der Waals surface area contributed by atoms with Gasteiger partial charge in [0.1, 0.15) is 5.01 Å². The van der Waals surface area contributed by atoms with E-state index >= 15 is 0 Å². The number of alkyl halides is 3. The van der Waals surface area contributed by atoms with E-state index in [1.165, 1.54) is 11.3 Å². The van der Waals surface area contributed by atoms with Crippen LogP contribution in [0.5, 0.6) is 0 Å². The Balaban J connectivity index is 1.99. The van der Waals surface area contributed by atoms with Gasteiger partial charge >= 0.3 is 6.18 Å².